The Labute approximate surface area is 137 Å². The first-order valence-corrected chi connectivity index (χ1v) is 8.02. The van der Waals surface area contributed by atoms with Crippen molar-refractivity contribution < 1.29 is 23.1 Å². The van der Waals surface area contributed by atoms with Gasteiger partial charge in [0.2, 0.25) is 5.91 Å². The zero-order valence-corrected chi connectivity index (χ0v) is 13.1. The number of pyridine rings is 1. The van der Waals surface area contributed by atoms with E-state index in [4.69, 9.17) is 0 Å². The van der Waals surface area contributed by atoms with Gasteiger partial charge in [0, 0.05) is 32.4 Å². The fraction of sp³-hybridized carbons (Fsp3) is 0.625. The lowest BCUT2D eigenvalue weighted by Gasteiger charge is -2.47. The van der Waals surface area contributed by atoms with Gasteiger partial charge in [-0.1, -0.05) is 6.07 Å². The lowest BCUT2D eigenvalue weighted by atomic mass is 9.71. The van der Waals surface area contributed by atoms with Crippen LogP contribution in [0.25, 0.3) is 0 Å². The van der Waals surface area contributed by atoms with E-state index in [0.717, 1.165) is 12.5 Å². The normalized spacial score (nSPS) is 28.8. The zero-order valence-electron chi connectivity index (χ0n) is 13.1. The number of hydrogen-bond donors (Lipinski definition) is 2. The number of aliphatic hydroxyl groups is 1. The molecule has 2 N–H and O–H groups in total. The summed E-state index contributed by atoms with van der Waals surface area (Å²) in [5.41, 5.74) is -1.07. The minimum absolute atomic E-state index is 0.128. The van der Waals surface area contributed by atoms with E-state index in [1.807, 2.05) is 4.90 Å². The van der Waals surface area contributed by atoms with Gasteiger partial charge in [-0.25, -0.2) is 0 Å². The number of nitrogens with zero attached hydrogens (tertiary/aromatic N) is 2. The Hall–Kier alpha value is -1.67. The van der Waals surface area contributed by atoms with Crippen LogP contribution in [0.1, 0.15) is 30.5 Å². The summed E-state index contributed by atoms with van der Waals surface area (Å²) < 4.78 is 37.7. The first kappa shape index (κ1) is 17.2. The molecule has 1 aromatic rings. The maximum atomic E-state index is 12.6. The molecule has 0 aliphatic carbocycles. The molecule has 8 heteroatoms. The average Bonchev–Trinajstić information content (AvgIpc) is 2.53. The maximum absolute atomic E-state index is 12.6. The number of carbonyl (C=O) groups is 1. The highest BCUT2D eigenvalue weighted by atomic mass is 19.4. The summed E-state index contributed by atoms with van der Waals surface area (Å²) in [5, 5.41) is 13.2. The van der Waals surface area contributed by atoms with Crippen LogP contribution < -0.4 is 5.32 Å². The number of halogens is 3. The van der Waals surface area contributed by atoms with Gasteiger partial charge >= 0.3 is 6.18 Å². The van der Waals surface area contributed by atoms with Gasteiger partial charge in [-0.05, 0) is 30.9 Å². The second-order valence-electron chi connectivity index (χ2n) is 6.58. The second-order valence-corrected chi connectivity index (χ2v) is 6.58. The Bertz CT molecular complexity index is 606. The molecule has 24 heavy (non-hydrogen) atoms. The van der Waals surface area contributed by atoms with Gasteiger partial charge in [-0.15, -0.1) is 0 Å². The number of aromatic nitrogens is 1. The Morgan fingerprint density at radius 2 is 2.21 bits per heavy atom. The van der Waals surface area contributed by atoms with E-state index in [2.05, 4.69) is 10.3 Å². The molecule has 5 nitrogen and oxygen atoms in total. The van der Waals surface area contributed by atoms with Gasteiger partial charge in [0.1, 0.15) is 5.69 Å². The quantitative estimate of drug-likeness (QED) is 0.855. The molecule has 1 spiro atoms. The Balaban J connectivity index is 1.70. The minimum Gasteiger partial charge on any atom is -0.392 e. The SMILES string of the molecule is O=C1NCCC[C@]12CN(Cc1ccc(C(F)(F)F)nc1)CC[C@H]2O. The lowest BCUT2D eigenvalue weighted by Crippen LogP contribution is -2.61. The molecule has 132 valence electrons. The molecule has 2 aliphatic heterocycles. The van der Waals surface area contributed by atoms with Gasteiger partial charge in [0.15, 0.2) is 0 Å². The third-order valence-electron chi connectivity index (χ3n) is 4.92. The molecule has 2 atom stereocenters. The number of alkyl halides is 3. The molecule has 1 amide bonds. The molecular formula is C16H20F3N3O2. The number of amides is 1. The monoisotopic (exact) mass is 343 g/mol. The van der Waals surface area contributed by atoms with Crippen molar-refractivity contribution in [1.29, 1.82) is 0 Å². The van der Waals surface area contributed by atoms with E-state index in [1.54, 1.807) is 0 Å². The van der Waals surface area contributed by atoms with E-state index >= 15 is 0 Å². The van der Waals surface area contributed by atoms with E-state index in [0.29, 0.717) is 44.6 Å². The van der Waals surface area contributed by atoms with Crippen molar-refractivity contribution in [3.8, 4) is 0 Å². The Morgan fingerprint density at radius 3 is 2.83 bits per heavy atom. The van der Waals surface area contributed by atoms with E-state index in [9.17, 15) is 23.1 Å². The van der Waals surface area contributed by atoms with Crippen molar-refractivity contribution in [2.45, 2.75) is 38.1 Å². The number of carbonyl (C=O) groups excluding carboxylic acids is 1. The fourth-order valence-electron chi connectivity index (χ4n) is 3.61. The number of nitrogens with one attached hydrogen (secondary N) is 1. The average molecular weight is 343 g/mol. The molecule has 3 heterocycles. The predicted octanol–water partition coefficient (Wildman–Crippen LogP) is 1.56. The van der Waals surface area contributed by atoms with Gasteiger partial charge in [-0.3, -0.25) is 14.7 Å². The highest BCUT2D eigenvalue weighted by Crippen LogP contribution is 2.37. The van der Waals surface area contributed by atoms with Gasteiger partial charge in [-0.2, -0.15) is 13.2 Å². The highest BCUT2D eigenvalue weighted by Gasteiger charge is 2.49. The van der Waals surface area contributed by atoms with Crippen LogP contribution in [0.5, 0.6) is 0 Å². The van der Waals surface area contributed by atoms with Crippen LogP contribution in [0.15, 0.2) is 18.3 Å². The summed E-state index contributed by atoms with van der Waals surface area (Å²) in [6.07, 6.45) is -1.99. The number of rotatable bonds is 2. The third kappa shape index (κ3) is 3.25. The summed E-state index contributed by atoms with van der Waals surface area (Å²) >= 11 is 0. The first-order valence-electron chi connectivity index (χ1n) is 8.02. The number of aliphatic hydroxyl groups excluding tert-OH is 1. The zero-order chi connectivity index (χ0) is 17.4. The molecule has 0 unspecified atom stereocenters. The molecule has 0 bridgehead atoms. The molecule has 3 rings (SSSR count). The summed E-state index contributed by atoms with van der Waals surface area (Å²) in [6, 6.07) is 2.38. The summed E-state index contributed by atoms with van der Waals surface area (Å²) in [6.45, 7) is 2.03. The first-order chi connectivity index (χ1) is 11.3. The second kappa shape index (κ2) is 6.33. The van der Waals surface area contributed by atoms with Crippen LogP contribution in [-0.4, -0.2) is 46.6 Å². The molecule has 0 radical (unpaired) electrons. The summed E-state index contributed by atoms with van der Waals surface area (Å²) in [5.74, 6) is -0.128. The molecular weight excluding hydrogens is 323 g/mol. The molecule has 1 aromatic heterocycles. The minimum atomic E-state index is -4.45. The van der Waals surface area contributed by atoms with E-state index in [-0.39, 0.29) is 5.91 Å². The largest absolute Gasteiger partial charge is 0.433 e. The molecule has 0 aromatic carbocycles. The van der Waals surface area contributed by atoms with Crippen molar-refractivity contribution in [1.82, 2.24) is 15.2 Å². The van der Waals surface area contributed by atoms with Crippen molar-refractivity contribution in [2.24, 2.45) is 5.41 Å². The number of hydrogen-bond acceptors (Lipinski definition) is 4. The van der Waals surface area contributed by atoms with Crippen molar-refractivity contribution >= 4 is 5.91 Å². The van der Waals surface area contributed by atoms with Crippen LogP contribution in [0.2, 0.25) is 0 Å². The van der Waals surface area contributed by atoms with Crippen LogP contribution in [0.3, 0.4) is 0 Å². The topological polar surface area (TPSA) is 65.5 Å². The van der Waals surface area contributed by atoms with Crippen LogP contribution in [-0.2, 0) is 17.5 Å². The number of likely N-dealkylation sites (tertiary alicyclic amines) is 1. The predicted molar refractivity (Wildman–Crippen MR) is 79.8 cm³/mol. The van der Waals surface area contributed by atoms with Crippen LogP contribution >= 0.6 is 0 Å². The van der Waals surface area contributed by atoms with E-state index < -0.39 is 23.4 Å². The summed E-state index contributed by atoms with van der Waals surface area (Å²) in [7, 11) is 0. The van der Waals surface area contributed by atoms with Gasteiger partial charge < -0.3 is 10.4 Å². The Kier molecular flexibility index (Phi) is 4.52. The highest BCUT2D eigenvalue weighted by molar-refractivity contribution is 5.84. The van der Waals surface area contributed by atoms with Crippen molar-refractivity contribution in [3.63, 3.8) is 0 Å². The molecule has 2 aliphatic rings. The van der Waals surface area contributed by atoms with Gasteiger partial charge in [0.05, 0.1) is 11.5 Å². The van der Waals surface area contributed by atoms with Gasteiger partial charge in [0.25, 0.3) is 0 Å². The summed E-state index contributed by atoms with van der Waals surface area (Å²) in [4.78, 5) is 17.8. The smallest absolute Gasteiger partial charge is 0.392 e. The molecule has 2 fully saturated rings. The number of piperidine rings is 2. The van der Waals surface area contributed by atoms with Crippen LogP contribution in [0, 0.1) is 5.41 Å². The van der Waals surface area contributed by atoms with Crippen molar-refractivity contribution in [2.75, 3.05) is 19.6 Å². The standard InChI is InChI=1S/C16H20F3N3O2/c17-16(18,19)12-3-2-11(8-21-12)9-22-7-4-13(23)15(10-22)5-1-6-20-14(15)24/h2-3,8,13,23H,1,4-7,9-10H2,(H,20,24)/t13-,15-/m1/s1. The third-order valence-corrected chi connectivity index (χ3v) is 4.92. The van der Waals surface area contributed by atoms with Crippen molar-refractivity contribution in [3.05, 3.63) is 29.6 Å². The lowest BCUT2D eigenvalue weighted by molar-refractivity contribution is -0.149. The maximum Gasteiger partial charge on any atom is 0.433 e. The fourth-order valence-corrected chi connectivity index (χ4v) is 3.61. The van der Waals surface area contributed by atoms with E-state index in [1.165, 1.54) is 12.3 Å². The molecule has 2 saturated heterocycles. The Morgan fingerprint density at radius 1 is 1.42 bits per heavy atom. The molecule has 0 saturated carbocycles. The van der Waals surface area contributed by atoms with Crippen LogP contribution in [0.4, 0.5) is 13.2 Å².